The highest BCUT2D eigenvalue weighted by Crippen LogP contribution is 2.30. The molecule has 1 N–H and O–H groups in total. The van der Waals surface area contributed by atoms with E-state index in [2.05, 4.69) is 31.5 Å². The zero-order valence-corrected chi connectivity index (χ0v) is 17.0. The van der Waals surface area contributed by atoms with E-state index in [0.717, 1.165) is 25.8 Å². The first-order valence-electron chi connectivity index (χ1n) is 9.33. The predicted molar refractivity (Wildman–Crippen MR) is 113 cm³/mol. The van der Waals surface area contributed by atoms with Crippen LogP contribution in [0.1, 0.15) is 17.5 Å². The molecular weight excluding hydrogens is 406 g/mol. The minimum atomic E-state index is -0.833. The number of carboxylic acid groups (broad SMARTS) is 1. The largest absolute Gasteiger partial charge is 0.481 e. The Labute approximate surface area is 175 Å². The number of aliphatic carboxylic acids is 1. The molecule has 9 nitrogen and oxygen atoms in total. The Kier molecular flexibility index (Phi) is 5.57. The highest BCUT2D eigenvalue weighted by molar-refractivity contribution is 7.13. The number of carbonyl (C=O) groups excluding carboxylic acids is 1. The Hall–Kier alpha value is -3.53. The average Bonchev–Trinajstić information content (AvgIpc) is 3.37. The molecule has 1 aromatic carbocycles. The van der Waals surface area contributed by atoms with Crippen LogP contribution in [-0.2, 0) is 4.79 Å². The van der Waals surface area contributed by atoms with Crippen molar-refractivity contribution in [2.24, 2.45) is 0 Å². The molecule has 5 rings (SSSR count). The first kappa shape index (κ1) is 19.8. The van der Waals surface area contributed by atoms with E-state index in [1.54, 1.807) is 17.2 Å². The fourth-order valence-electron chi connectivity index (χ4n) is 3.30. The van der Waals surface area contributed by atoms with Gasteiger partial charge >= 0.3 is 0 Å². The van der Waals surface area contributed by atoms with Crippen molar-refractivity contribution in [1.29, 1.82) is 0 Å². The Morgan fingerprint density at radius 3 is 2.53 bits per heavy atom. The molecule has 1 aliphatic rings. The van der Waals surface area contributed by atoms with Crippen LogP contribution >= 0.6 is 11.5 Å². The first-order valence-corrected chi connectivity index (χ1v) is 10.1. The minimum Gasteiger partial charge on any atom is -0.481 e. The zero-order chi connectivity index (χ0) is 21.1. The third kappa shape index (κ3) is 3.94. The number of fused-ring (bicyclic) bond motifs is 2. The molecule has 1 saturated heterocycles. The summed E-state index contributed by atoms with van der Waals surface area (Å²) in [6, 6.07) is 11.8. The highest BCUT2D eigenvalue weighted by atomic mass is 32.1. The Morgan fingerprint density at radius 2 is 1.77 bits per heavy atom. The fraction of sp³-hybridized carbons (Fsp3) is 0.250. The molecule has 0 radical (unpaired) electrons. The summed E-state index contributed by atoms with van der Waals surface area (Å²) in [5.41, 5.74) is 0.462. The fourth-order valence-corrected chi connectivity index (χ4v) is 4.10. The predicted octanol–water partition coefficient (Wildman–Crippen LogP) is 2.89. The van der Waals surface area contributed by atoms with Crippen LogP contribution in [0.15, 0.2) is 47.1 Å². The third-order valence-corrected chi connectivity index (χ3v) is 5.49. The van der Waals surface area contributed by atoms with E-state index in [1.807, 2.05) is 18.2 Å². The summed E-state index contributed by atoms with van der Waals surface area (Å²) in [5, 5.41) is 13.1. The van der Waals surface area contributed by atoms with Crippen LogP contribution in [0.4, 0.5) is 5.82 Å². The van der Waals surface area contributed by atoms with Crippen LogP contribution in [0.5, 0.6) is 0 Å². The van der Waals surface area contributed by atoms with Gasteiger partial charge in [-0.05, 0) is 35.8 Å². The zero-order valence-electron chi connectivity index (χ0n) is 16.2. The molecule has 0 atom stereocenters. The van der Waals surface area contributed by atoms with E-state index in [-0.39, 0.29) is 11.7 Å². The standard InChI is InChI=1S/C18H15N5O2S.C2H4O2/c24-18(15-13-5-3-7-19-16(13)20-25-15)23-10-8-22(9-11-23)17-12-4-1-2-6-14(12)26-21-17;1-2(3)4/h1-7H,8-11H2;1H3,(H,3,4). The number of carboxylic acids is 1. The van der Waals surface area contributed by atoms with Gasteiger partial charge in [0.25, 0.3) is 11.9 Å². The Bertz CT molecular complexity index is 1190. The number of benzene rings is 1. The number of hydrogen-bond donors (Lipinski definition) is 1. The smallest absolute Gasteiger partial charge is 0.300 e. The number of hydrogen-bond acceptors (Lipinski definition) is 8. The first-order chi connectivity index (χ1) is 14.5. The van der Waals surface area contributed by atoms with Crippen molar-refractivity contribution in [2.45, 2.75) is 6.92 Å². The number of piperazine rings is 1. The summed E-state index contributed by atoms with van der Waals surface area (Å²) < 4.78 is 11.0. The van der Waals surface area contributed by atoms with Gasteiger partial charge in [0.2, 0.25) is 11.4 Å². The van der Waals surface area contributed by atoms with E-state index in [0.29, 0.717) is 24.1 Å². The van der Waals surface area contributed by atoms with E-state index in [4.69, 9.17) is 14.4 Å². The number of rotatable bonds is 2. The molecule has 0 bridgehead atoms. The molecule has 30 heavy (non-hydrogen) atoms. The molecule has 4 heterocycles. The molecule has 0 aliphatic carbocycles. The normalized spacial score (nSPS) is 13.9. The van der Waals surface area contributed by atoms with Crippen molar-refractivity contribution in [3.63, 3.8) is 0 Å². The molecule has 0 spiro atoms. The van der Waals surface area contributed by atoms with Crippen LogP contribution in [-0.4, -0.2) is 62.6 Å². The molecule has 10 heteroatoms. The molecule has 0 saturated carbocycles. The van der Waals surface area contributed by atoms with Crippen LogP contribution in [0.3, 0.4) is 0 Å². The number of amides is 1. The van der Waals surface area contributed by atoms with Gasteiger partial charge in [0.1, 0.15) is 5.82 Å². The van der Waals surface area contributed by atoms with Gasteiger partial charge in [0.05, 0.1) is 10.1 Å². The third-order valence-electron chi connectivity index (χ3n) is 4.67. The molecule has 4 aromatic rings. The average molecular weight is 425 g/mol. The van der Waals surface area contributed by atoms with E-state index < -0.39 is 5.97 Å². The monoisotopic (exact) mass is 425 g/mol. The van der Waals surface area contributed by atoms with E-state index in [1.165, 1.54) is 21.6 Å². The molecule has 3 aromatic heterocycles. The number of anilines is 1. The van der Waals surface area contributed by atoms with Gasteiger partial charge in [-0.1, -0.05) is 17.3 Å². The van der Waals surface area contributed by atoms with Gasteiger partial charge in [-0.25, -0.2) is 4.98 Å². The van der Waals surface area contributed by atoms with E-state index in [9.17, 15) is 4.79 Å². The van der Waals surface area contributed by atoms with Gasteiger partial charge in [-0.15, -0.1) is 0 Å². The van der Waals surface area contributed by atoms with Crippen molar-refractivity contribution in [2.75, 3.05) is 31.1 Å². The van der Waals surface area contributed by atoms with Crippen LogP contribution in [0, 0.1) is 0 Å². The second-order valence-corrected chi connectivity index (χ2v) is 7.49. The lowest BCUT2D eigenvalue weighted by atomic mass is 10.2. The van der Waals surface area contributed by atoms with Crippen molar-refractivity contribution in [3.05, 3.63) is 48.4 Å². The lowest BCUT2D eigenvalue weighted by Crippen LogP contribution is -2.48. The maximum atomic E-state index is 12.8. The topological polar surface area (TPSA) is 113 Å². The second-order valence-electron chi connectivity index (χ2n) is 6.69. The summed E-state index contributed by atoms with van der Waals surface area (Å²) >= 11 is 1.51. The lowest BCUT2D eigenvalue weighted by Gasteiger charge is -2.34. The summed E-state index contributed by atoms with van der Waals surface area (Å²) in [6.07, 6.45) is 1.63. The molecule has 0 unspecified atom stereocenters. The maximum Gasteiger partial charge on any atom is 0.300 e. The Balaban J connectivity index is 0.000000503. The SMILES string of the molecule is CC(=O)O.O=C(c1onc2ncccc12)N1CCN(c2nsc3ccccc23)CC1. The molecule has 154 valence electrons. The number of carbonyl (C=O) groups is 2. The van der Waals surface area contributed by atoms with Crippen molar-refractivity contribution < 1.29 is 19.2 Å². The summed E-state index contributed by atoms with van der Waals surface area (Å²) in [5.74, 6) is 0.302. The second kappa shape index (κ2) is 8.46. The quantitative estimate of drug-likeness (QED) is 0.522. The highest BCUT2D eigenvalue weighted by Gasteiger charge is 2.28. The van der Waals surface area contributed by atoms with Gasteiger partial charge in [0, 0.05) is 44.7 Å². The molecular formula is C20H19N5O4S. The van der Waals surface area contributed by atoms with Crippen LogP contribution < -0.4 is 4.90 Å². The Morgan fingerprint density at radius 1 is 1.07 bits per heavy atom. The number of nitrogens with zero attached hydrogens (tertiary/aromatic N) is 5. The minimum absolute atomic E-state index is 0.136. The maximum absolute atomic E-state index is 12.8. The summed E-state index contributed by atoms with van der Waals surface area (Å²) in [7, 11) is 0. The summed E-state index contributed by atoms with van der Waals surface area (Å²) in [6.45, 7) is 3.80. The van der Waals surface area contributed by atoms with E-state index >= 15 is 0 Å². The molecule has 1 amide bonds. The van der Waals surface area contributed by atoms with Gasteiger partial charge in [0.15, 0.2) is 0 Å². The lowest BCUT2D eigenvalue weighted by molar-refractivity contribution is -0.134. The van der Waals surface area contributed by atoms with Crippen molar-refractivity contribution in [3.8, 4) is 0 Å². The molecule has 1 fully saturated rings. The van der Waals surface area contributed by atoms with Gasteiger partial charge in [-0.3, -0.25) is 9.59 Å². The van der Waals surface area contributed by atoms with Gasteiger partial charge in [-0.2, -0.15) is 4.37 Å². The van der Waals surface area contributed by atoms with Crippen LogP contribution in [0.25, 0.3) is 21.1 Å². The van der Waals surface area contributed by atoms with Crippen molar-refractivity contribution in [1.82, 2.24) is 19.4 Å². The van der Waals surface area contributed by atoms with Gasteiger partial charge < -0.3 is 19.4 Å². The summed E-state index contributed by atoms with van der Waals surface area (Å²) in [4.78, 5) is 30.0. The number of pyridine rings is 1. The number of aromatic nitrogens is 3. The van der Waals surface area contributed by atoms with Crippen molar-refractivity contribution >= 4 is 50.3 Å². The molecule has 1 aliphatic heterocycles. The van der Waals surface area contributed by atoms with Crippen LogP contribution in [0.2, 0.25) is 0 Å².